The van der Waals surface area contributed by atoms with Crippen LogP contribution in [-0.2, 0) is 12.8 Å². The van der Waals surface area contributed by atoms with Crippen molar-refractivity contribution in [1.82, 2.24) is 15.2 Å². The first-order chi connectivity index (χ1) is 11.9. The first-order valence-electron chi connectivity index (χ1n) is 8.88. The maximum Gasteiger partial charge on any atom is 0.0922 e. The quantitative estimate of drug-likeness (QED) is 0.762. The summed E-state index contributed by atoms with van der Waals surface area (Å²) in [6.07, 6.45) is 9.67. The van der Waals surface area contributed by atoms with Gasteiger partial charge in [-0.25, -0.2) is 4.98 Å². The largest absolute Gasteiger partial charge is 0.284 e. The fourth-order valence-corrected chi connectivity index (χ4v) is 4.28. The molecule has 0 saturated carbocycles. The lowest BCUT2D eigenvalue weighted by molar-refractivity contribution is 0.688. The molecule has 1 unspecified atom stereocenters. The van der Waals surface area contributed by atoms with E-state index in [1.807, 2.05) is 6.07 Å². The third kappa shape index (κ3) is 1.89. The highest BCUT2D eigenvalue weighted by molar-refractivity contribution is 6.04. The van der Waals surface area contributed by atoms with Crippen LogP contribution in [0.3, 0.4) is 0 Å². The molecule has 24 heavy (non-hydrogen) atoms. The van der Waals surface area contributed by atoms with Crippen molar-refractivity contribution in [2.75, 3.05) is 0 Å². The summed E-state index contributed by atoms with van der Waals surface area (Å²) in [5, 5.41) is 8.56. The van der Waals surface area contributed by atoms with E-state index in [1.54, 1.807) is 6.20 Å². The fraction of sp³-hybridized carbons (Fsp3) is 0.350. The van der Waals surface area contributed by atoms with Gasteiger partial charge >= 0.3 is 0 Å². The molecule has 3 aromatic rings. The summed E-state index contributed by atoms with van der Waals surface area (Å²) >= 11 is 0. The Labute approximate surface area is 141 Å². The Bertz CT molecular complexity index is 954. The zero-order valence-corrected chi connectivity index (χ0v) is 13.8. The van der Waals surface area contributed by atoms with Gasteiger partial charge in [-0.05, 0) is 60.9 Å². The fourth-order valence-electron chi connectivity index (χ4n) is 4.28. The zero-order chi connectivity index (χ0) is 16.1. The van der Waals surface area contributed by atoms with Gasteiger partial charge in [-0.3, -0.25) is 10.1 Å². The monoisotopic (exact) mass is 316 g/mol. The van der Waals surface area contributed by atoms with E-state index in [2.05, 4.69) is 35.5 Å². The number of nitrogens with one attached hydrogen (secondary N) is 1. The first kappa shape index (κ1) is 13.9. The van der Waals surface area contributed by atoms with E-state index in [0.29, 0.717) is 6.04 Å². The molecule has 1 aliphatic heterocycles. The molecule has 0 bridgehead atoms. The third-order valence-electron chi connectivity index (χ3n) is 5.43. The van der Waals surface area contributed by atoms with Crippen molar-refractivity contribution in [3.8, 4) is 11.4 Å². The molecule has 0 spiro atoms. The number of pyridine rings is 1. The predicted octanol–water partition coefficient (Wildman–Crippen LogP) is 4.39. The maximum atomic E-state index is 5.03. The van der Waals surface area contributed by atoms with Gasteiger partial charge in [0.05, 0.1) is 22.9 Å². The predicted molar refractivity (Wildman–Crippen MR) is 96.6 cm³/mol. The summed E-state index contributed by atoms with van der Waals surface area (Å²) in [4.78, 5) is 9.75. The Morgan fingerprint density at radius 3 is 2.79 bits per heavy atom. The molecular formula is C20H20N4. The van der Waals surface area contributed by atoms with Gasteiger partial charge in [0.15, 0.2) is 0 Å². The molecule has 120 valence electrons. The van der Waals surface area contributed by atoms with Crippen LogP contribution in [0.2, 0.25) is 0 Å². The number of nitrogens with zero attached hydrogens (tertiary/aromatic N) is 3. The molecule has 0 radical (unpaired) electrons. The van der Waals surface area contributed by atoms with Crippen LogP contribution >= 0.6 is 0 Å². The summed E-state index contributed by atoms with van der Waals surface area (Å²) in [5.41, 5.74) is 8.75. The molecule has 3 heterocycles. The molecule has 1 atom stereocenters. The number of H-pyrrole nitrogens is 1. The number of aromatic amines is 1. The minimum absolute atomic E-state index is 0.316. The summed E-state index contributed by atoms with van der Waals surface area (Å²) < 4.78 is 0. The Morgan fingerprint density at radius 2 is 2.00 bits per heavy atom. The number of rotatable bonds is 2. The molecule has 4 heteroatoms. The molecule has 0 saturated heterocycles. The number of fused-ring (bicyclic) bond motifs is 5. The third-order valence-corrected chi connectivity index (χ3v) is 5.43. The van der Waals surface area contributed by atoms with E-state index in [4.69, 9.17) is 9.98 Å². The van der Waals surface area contributed by atoms with Crippen LogP contribution in [0.5, 0.6) is 0 Å². The minimum atomic E-state index is 0.316. The molecule has 4 nitrogen and oxygen atoms in total. The Morgan fingerprint density at radius 1 is 1.12 bits per heavy atom. The van der Waals surface area contributed by atoms with Gasteiger partial charge in [0, 0.05) is 23.4 Å². The average Bonchev–Trinajstić information content (AvgIpc) is 3.30. The highest BCUT2D eigenvalue weighted by Gasteiger charge is 2.25. The molecule has 1 aliphatic carbocycles. The topological polar surface area (TPSA) is 53.9 Å². The number of hydrogen-bond acceptors (Lipinski definition) is 3. The second kappa shape index (κ2) is 5.26. The Kier molecular flexibility index (Phi) is 3.05. The van der Waals surface area contributed by atoms with Crippen LogP contribution in [0.25, 0.3) is 22.3 Å². The van der Waals surface area contributed by atoms with Gasteiger partial charge in [-0.2, -0.15) is 5.10 Å². The molecule has 5 rings (SSSR count). The van der Waals surface area contributed by atoms with Crippen molar-refractivity contribution in [2.24, 2.45) is 4.99 Å². The van der Waals surface area contributed by atoms with E-state index in [0.717, 1.165) is 36.2 Å². The van der Waals surface area contributed by atoms with Crippen molar-refractivity contribution in [1.29, 1.82) is 0 Å². The number of aryl methyl sites for hydroxylation is 1. The zero-order valence-electron chi connectivity index (χ0n) is 13.8. The van der Waals surface area contributed by atoms with Crippen molar-refractivity contribution in [3.05, 3.63) is 46.6 Å². The van der Waals surface area contributed by atoms with Gasteiger partial charge in [-0.1, -0.05) is 13.0 Å². The molecule has 2 aromatic heterocycles. The van der Waals surface area contributed by atoms with Crippen molar-refractivity contribution in [3.63, 3.8) is 0 Å². The lowest BCUT2D eigenvalue weighted by Crippen LogP contribution is -2.09. The molecule has 2 aliphatic rings. The van der Waals surface area contributed by atoms with Gasteiger partial charge in [-0.15, -0.1) is 0 Å². The number of aliphatic imine (C=N–C) groups is 1. The van der Waals surface area contributed by atoms with E-state index >= 15 is 0 Å². The molecule has 0 amide bonds. The van der Waals surface area contributed by atoms with Crippen LogP contribution in [0.1, 0.15) is 54.5 Å². The summed E-state index contributed by atoms with van der Waals surface area (Å²) in [7, 11) is 0. The summed E-state index contributed by atoms with van der Waals surface area (Å²) in [6, 6.07) is 6.74. The van der Waals surface area contributed by atoms with E-state index < -0.39 is 0 Å². The van der Waals surface area contributed by atoms with Crippen LogP contribution in [0.15, 0.2) is 29.4 Å². The SMILES string of the molecule is CCC1N=Cc2c1ccc1nc(-c3ccn[nH]3)c3c(c21)CCCC3. The van der Waals surface area contributed by atoms with Crippen LogP contribution < -0.4 is 0 Å². The highest BCUT2D eigenvalue weighted by Crippen LogP contribution is 2.40. The smallest absolute Gasteiger partial charge is 0.0922 e. The highest BCUT2D eigenvalue weighted by atomic mass is 15.1. The molecular weight excluding hydrogens is 296 g/mol. The number of aromatic nitrogens is 3. The number of hydrogen-bond donors (Lipinski definition) is 1. The van der Waals surface area contributed by atoms with Gasteiger partial charge in [0.25, 0.3) is 0 Å². The Balaban J connectivity index is 1.85. The Hall–Kier alpha value is -2.49. The van der Waals surface area contributed by atoms with Crippen LogP contribution in [-0.4, -0.2) is 21.4 Å². The minimum Gasteiger partial charge on any atom is -0.284 e. The van der Waals surface area contributed by atoms with Gasteiger partial charge < -0.3 is 0 Å². The molecule has 1 aromatic carbocycles. The summed E-state index contributed by atoms with van der Waals surface area (Å²) in [6.45, 7) is 2.20. The van der Waals surface area contributed by atoms with Crippen molar-refractivity contribution >= 4 is 17.1 Å². The number of benzene rings is 1. The standard InChI is InChI=1S/C20H20N4/c1-2-16-12-7-8-17-19(15(12)11-21-16)13-5-3-4-6-14(13)20(23-17)18-9-10-22-24-18/h7-11,16H,2-6H2,1H3,(H,22,24). The van der Waals surface area contributed by atoms with E-state index in [9.17, 15) is 0 Å². The normalized spacial score (nSPS) is 18.8. The van der Waals surface area contributed by atoms with Gasteiger partial charge in [0.1, 0.15) is 0 Å². The van der Waals surface area contributed by atoms with Gasteiger partial charge in [0.2, 0.25) is 0 Å². The maximum absolute atomic E-state index is 5.03. The lowest BCUT2D eigenvalue weighted by atomic mass is 9.85. The second-order valence-electron chi connectivity index (χ2n) is 6.76. The second-order valence-corrected chi connectivity index (χ2v) is 6.76. The van der Waals surface area contributed by atoms with Crippen molar-refractivity contribution in [2.45, 2.75) is 45.1 Å². The summed E-state index contributed by atoms with van der Waals surface area (Å²) in [5.74, 6) is 0. The van der Waals surface area contributed by atoms with Crippen molar-refractivity contribution < 1.29 is 0 Å². The first-order valence-corrected chi connectivity index (χ1v) is 8.88. The van der Waals surface area contributed by atoms with Crippen LogP contribution in [0.4, 0.5) is 0 Å². The molecule has 1 N–H and O–H groups in total. The van der Waals surface area contributed by atoms with E-state index in [1.165, 1.54) is 40.5 Å². The lowest BCUT2D eigenvalue weighted by Gasteiger charge is -2.22. The average molecular weight is 316 g/mol. The molecule has 0 fully saturated rings. The van der Waals surface area contributed by atoms with E-state index in [-0.39, 0.29) is 0 Å². The van der Waals surface area contributed by atoms with Crippen LogP contribution in [0, 0.1) is 0 Å².